The summed E-state index contributed by atoms with van der Waals surface area (Å²) in [6.45, 7) is 14.2. The molecule has 0 aliphatic carbocycles. The summed E-state index contributed by atoms with van der Waals surface area (Å²) in [4.78, 5) is 11.7. The molecule has 0 atom stereocenters. The van der Waals surface area contributed by atoms with Crippen LogP contribution < -0.4 is 10.2 Å². The third-order valence-corrected chi connectivity index (χ3v) is 4.17. The summed E-state index contributed by atoms with van der Waals surface area (Å²) in [6.07, 6.45) is 2.46. The van der Waals surface area contributed by atoms with Gasteiger partial charge in [0.25, 0.3) is 0 Å². The molecule has 118 valence electrons. The Hall–Kier alpha value is -1.16. The van der Waals surface area contributed by atoms with Crippen LogP contribution in [-0.4, -0.2) is 35.6 Å². The van der Waals surface area contributed by atoms with Crippen molar-refractivity contribution in [3.63, 3.8) is 0 Å². The van der Waals surface area contributed by atoms with Gasteiger partial charge < -0.3 is 10.2 Å². The van der Waals surface area contributed by atoms with Gasteiger partial charge in [-0.15, -0.1) is 0 Å². The van der Waals surface area contributed by atoms with Gasteiger partial charge >= 0.3 is 0 Å². The van der Waals surface area contributed by atoms with Gasteiger partial charge in [0.15, 0.2) is 0 Å². The van der Waals surface area contributed by atoms with Crippen molar-refractivity contribution in [2.75, 3.05) is 24.5 Å². The first kappa shape index (κ1) is 16.2. The number of anilines is 1. The van der Waals surface area contributed by atoms with Gasteiger partial charge in [0.2, 0.25) is 5.95 Å². The molecule has 0 amide bonds. The van der Waals surface area contributed by atoms with E-state index in [2.05, 4.69) is 55.9 Å². The van der Waals surface area contributed by atoms with Crippen molar-refractivity contribution in [2.24, 2.45) is 5.92 Å². The second-order valence-corrected chi connectivity index (χ2v) is 6.88. The van der Waals surface area contributed by atoms with E-state index >= 15 is 0 Å². The fourth-order valence-corrected chi connectivity index (χ4v) is 2.75. The SMILES string of the molecule is Cc1cc(C(C)C)nc(N2CCC(CNC(C)C)CC2)n1. The molecule has 1 saturated heterocycles. The van der Waals surface area contributed by atoms with Crippen molar-refractivity contribution in [3.8, 4) is 0 Å². The van der Waals surface area contributed by atoms with Gasteiger partial charge in [-0.1, -0.05) is 27.7 Å². The summed E-state index contributed by atoms with van der Waals surface area (Å²) in [6, 6.07) is 2.68. The molecule has 2 rings (SSSR count). The van der Waals surface area contributed by atoms with Crippen LogP contribution >= 0.6 is 0 Å². The fourth-order valence-electron chi connectivity index (χ4n) is 2.75. The van der Waals surface area contributed by atoms with Crippen LogP contribution in [0.4, 0.5) is 5.95 Å². The number of aromatic nitrogens is 2. The summed E-state index contributed by atoms with van der Waals surface area (Å²) in [5.74, 6) is 2.17. The Morgan fingerprint density at radius 3 is 2.43 bits per heavy atom. The number of piperidine rings is 1. The van der Waals surface area contributed by atoms with Crippen LogP contribution in [0.15, 0.2) is 6.07 Å². The lowest BCUT2D eigenvalue weighted by atomic mass is 9.97. The minimum Gasteiger partial charge on any atom is -0.341 e. The highest BCUT2D eigenvalue weighted by molar-refractivity contribution is 5.33. The Kier molecular flexibility index (Phi) is 5.57. The molecule has 0 radical (unpaired) electrons. The molecule has 0 spiro atoms. The number of nitrogens with one attached hydrogen (secondary N) is 1. The molecule has 1 aliphatic rings. The maximum atomic E-state index is 4.76. The van der Waals surface area contributed by atoms with E-state index in [1.54, 1.807) is 0 Å². The van der Waals surface area contributed by atoms with E-state index in [0.29, 0.717) is 12.0 Å². The van der Waals surface area contributed by atoms with Crippen molar-refractivity contribution in [3.05, 3.63) is 17.5 Å². The molecule has 0 saturated carbocycles. The number of aryl methyl sites for hydroxylation is 1. The van der Waals surface area contributed by atoms with Gasteiger partial charge in [-0.25, -0.2) is 9.97 Å². The lowest BCUT2D eigenvalue weighted by Crippen LogP contribution is -2.39. The molecule has 1 aliphatic heterocycles. The average Bonchev–Trinajstić information content (AvgIpc) is 2.45. The molecule has 21 heavy (non-hydrogen) atoms. The number of hydrogen-bond donors (Lipinski definition) is 1. The maximum Gasteiger partial charge on any atom is 0.225 e. The second-order valence-electron chi connectivity index (χ2n) is 6.88. The van der Waals surface area contributed by atoms with Crippen LogP contribution in [-0.2, 0) is 0 Å². The van der Waals surface area contributed by atoms with Crippen LogP contribution in [0.25, 0.3) is 0 Å². The van der Waals surface area contributed by atoms with E-state index in [0.717, 1.165) is 42.9 Å². The highest BCUT2D eigenvalue weighted by Crippen LogP contribution is 2.22. The van der Waals surface area contributed by atoms with E-state index in [9.17, 15) is 0 Å². The maximum absolute atomic E-state index is 4.76. The molecule has 1 aromatic rings. The van der Waals surface area contributed by atoms with Crippen LogP contribution in [0.3, 0.4) is 0 Å². The minimum absolute atomic E-state index is 0.457. The zero-order valence-corrected chi connectivity index (χ0v) is 14.2. The first-order chi connectivity index (χ1) is 9.95. The van der Waals surface area contributed by atoms with E-state index in [1.807, 2.05) is 0 Å². The third kappa shape index (κ3) is 4.67. The third-order valence-electron chi connectivity index (χ3n) is 4.17. The minimum atomic E-state index is 0.457. The van der Waals surface area contributed by atoms with Crippen LogP contribution in [0.1, 0.15) is 57.8 Å². The summed E-state index contributed by atoms with van der Waals surface area (Å²) in [7, 11) is 0. The zero-order chi connectivity index (χ0) is 15.4. The highest BCUT2D eigenvalue weighted by Gasteiger charge is 2.21. The van der Waals surface area contributed by atoms with Crippen molar-refractivity contribution in [1.82, 2.24) is 15.3 Å². The molecule has 1 N–H and O–H groups in total. The summed E-state index contributed by atoms with van der Waals surface area (Å²) in [5.41, 5.74) is 2.23. The standard InChI is InChI=1S/C17H30N4/c1-12(2)16-10-14(5)19-17(20-16)21-8-6-15(7-9-21)11-18-13(3)4/h10,12-13,15,18H,6-9,11H2,1-5H3. The van der Waals surface area contributed by atoms with Crippen LogP contribution in [0, 0.1) is 12.8 Å². The predicted octanol–water partition coefficient (Wildman–Crippen LogP) is 3.12. The molecule has 0 aromatic carbocycles. The Balaban J connectivity index is 1.96. The van der Waals surface area contributed by atoms with Gasteiger partial charge in [-0.05, 0) is 44.2 Å². The van der Waals surface area contributed by atoms with Crippen LogP contribution in [0.5, 0.6) is 0 Å². The first-order valence-corrected chi connectivity index (χ1v) is 8.29. The van der Waals surface area contributed by atoms with Gasteiger partial charge in [-0.3, -0.25) is 0 Å². The zero-order valence-electron chi connectivity index (χ0n) is 14.2. The van der Waals surface area contributed by atoms with Gasteiger partial charge in [-0.2, -0.15) is 0 Å². The molecule has 4 nitrogen and oxygen atoms in total. The largest absolute Gasteiger partial charge is 0.341 e. The van der Waals surface area contributed by atoms with Crippen molar-refractivity contribution >= 4 is 5.95 Å². The Bertz CT molecular complexity index is 448. The lowest BCUT2D eigenvalue weighted by molar-refractivity contribution is 0.368. The topological polar surface area (TPSA) is 41.1 Å². The number of nitrogens with zero attached hydrogens (tertiary/aromatic N) is 3. The Morgan fingerprint density at radius 1 is 1.19 bits per heavy atom. The van der Waals surface area contributed by atoms with Crippen molar-refractivity contribution < 1.29 is 0 Å². The number of hydrogen-bond acceptors (Lipinski definition) is 4. The van der Waals surface area contributed by atoms with Crippen molar-refractivity contribution in [2.45, 2.75) is 59.4 Å². The van der Waals surface area contributed by atoms with E-state index < -0.39 is 0 Å². The molecule has 1 fully saturated rings. The molecule has 1 aromatic heterocycles. The molecule has 2 heterocycles. The molecule has 0 unspecified atom stereocenters. The fraction of sp³-hybridized carbons (Fsp3) is 0.765. The van der Waals surface area contributed by atoms with Gasteiger partial charge in [0.1, 0.15) is 0 Å². The molecular weight excluding hydrogens is 260 g/mol. The van der Waals surface area contributed by atoms with E-state index in [1.165, 1.54) is 12.8 Å². The molecule has 4 heteroatoms. The summed E-state index contributed by atoms with van der Waals surface area (Å²) >= 11 is 0. The van der Waals surface area contributed by atoms with E-state index in [-0.39, 0.29) is 0 Å². The van der Waals surface area contributed by atoms with Gasteiger partial charge in [0.05, 0.1) is 0 Å². The summed E-state index contributed by atoms with van der Waals surface area (Å²) < 4.78 is 0. The highest BCUT2D eigenvalue weighted by atomic mass is 15.3. The lowest BCUT2D eigenvalue weighted by Gasteiger charge is -2.33. The molecule has 0 bridgehead atoms. The first-order valence-electron chi connectivity index (χ1n) is 8.29. The smallest absolute Gasteiger partial charge is 0.225 e. The Morgan fingerprint density at radius 2 is 1.86 bits per heavy atom. The van der Waals surface area contributed by atoms with E-state index in [4.69, 9.17) is 4.98 Å². The normalized spacial score (nSPS) is 17.0. The monoisotopic (exact) mass is 290 g/mol. The summed E-state index contributed by atoms with van der Waals surface area (Å²) in [5, 5.41) is 3.55. The Labute approximate surface area is 129 Å². The number of rotatable bonds is 5. The molecular formula is C17H30N4. The quantitative estimate of drug-likeness (QED) is 0.904. The van der Waals surface area contributed by atoms with Crippen LogP contribution in [0.2, 0.25) is 0 Å². The second kappa shape index (κ2) is 7.21. The average molecular weight is 290 g/mol. The predicted molar refractivity (Wildman–Crippen MR) is 88.9 cm³/mol. The van der Waals surface area contributed by atoms with Gasteiger partial charge in [0, 0.05) is 30.5 Å². The van der Waals surface area contributed by atoms with Crippen molar-refractivity contribution in [1.29, 1.82) is 0 Å².